The van der Waals surface area contributed by atoms with E-state index < -0.39 is 12.1 Å². The van der Waals surface area contributed by atoms with Crippen molar-refractivity contribution < 1.29 is 13.2 Å². The number of tetrazole rings is 1. The second kappa shape index (κ2) is 4.15. The maximum atomic E-state index is 12.5. The highest BCUT2D eigenvalue weighted by Crippen LogP contribution is 2.34. The first-order chi connectivity index (χ1) is 7.98. The number of nitrogens with zero attached hydrogens (tertiary/aromatic N) is 3. The summed E-state index contributed by atoms with van der Waals surface area (Å²) in [6, 6.07) is 5.93. The van der Waals surface area contributed by atoms with E-state index in [-0.39, 0.29) is 5.56 Å². The Labute approximate surface area is 94.9 Å². The van der Waals surface area contributed by atoms with Crippen molar-refractivity contribution in [2.24, 2.45) is 0 Å². The Morgan fingerprint density at radius 2 is 1.82 bits per heavy atom. The quantitative estimate of drug-likeness (QED) is 0.880. The largest absolute Gasteiger partial charge is 0.395 e. The Morgan fingerprint density at radius 1 is 1.18 bits per heavy atom. The van der Waals surface area contributed by atoms with Gasteiger partial charge < -0.3 is 0 Å². The van der Waals surface area contributed by atoms with Crippen molar-refractivity contribution in [2.75, 3.05) is 0 Å². The fourth-order valence-electron chi connectivity index (χ4n) is 1.39. The number of rotatable bonds is 2. The summed E-state index contributed by atoms with van der Waals surface area (Å²) < 4.78 is 37.4. The minimum Gasteiger partial charge on any atom is -0.177 e. The third kappa shape index (κ3) is 2.43. The van der Waals surface area contributed by atoms with Gasteiger partial charge in [-0.25, -0.2) is 0 Å². The lowest BCUT2D eigenvalue weighted by Gasteiger charge is -2.15. The summed E-state index contributed by atoms with van der Waals surface area (Å²) in [6.45, 7) is 1.13. The highest BCUT2D eigenvalue weighted by atomic mass is 19.4. The molecule has 7 heteroatoms. The highest BCUT2D eigenvalue weighted by Gasteiger charge is 2.36. The maximum absolute atomic E-state index is 12.5. The summed E-state index contributed by atoms with van der Waals surface area (Å²) >= 11 is 0. The van der Waals surface area contributed by atoms with Crippen LogP contribution in [-0.4, -0.2) is 26.8 Å². The molecule has 0 saturated carbocycles. The third-order valence-corrected chi connectivity index (χ3v) is 2.51. The van der Waals surface area contributed by atoms with Crippen LogP contribution in [0.2, 0.25) is 0 Å². The van der Waals surface area contributed by atoms with E-state index in [1.165, 1.54) is 12.1 Å². The molecule has 0 spiro atoms. The first-order valence-electron chi connectivity index (χ1n) is 4.89. The number of H-pyrrole nitrogens is 1. The number of aromatic nitrogens is 4. The molecular weight excluding hydrogens is 233 g/mol. The van der Waals surface area contributed by atoms with E-state index in [1.807, 2.05) is 0 Å². The molecule has 2 rings (SSSR count). The topological polar surface area (TPSA) is 54.5 Å². The molecule has 1 aromatic heterocycles. The number of halogens is 3. The fraction of sp³-hybridized carbons (Fsp3) is 0.300. The third-order valence-electron chi connectivity index (χ3n) is 2.51. The van der Waals surface area contributed by atoms with Gasteiger partial charge in [0.1, 0.15) is 0 Å². The van der Waals surface area contributed by atoms with Crippen molar-refractivity contribution in [1.82, 2.24) is 20.6 Å². The van der Waals surface area contributed by atoms with Gasteiger partial charge in [0, 0.05) is 5.56 Å². The molecule has 0 aliphatic carbocycles. The van der Waals surface area contributed by atoms with Crippen LogP contribution in [0, 0.1) is 0 Å². The SMILES string of the molecule is CC(c1ccc(-c2nn[nH]n2)cc1)C(F)(F)F. The molecule has 0 amide bonds. The fourth-order valence-corrected chi connectivity index (χ4v) is 1.39. The predicted molar refractivity (Wildman–Crippen MR) is 54.1 cm³/mol. The summed E-state index contributed by atoms with van der Waals surface area (Å²) in [4.78, 5) is 0. The molecular formula is C10H9F3N4. The zero-order valence-corrected chi connectivity index (χ0v) is 8.86. The molecule has 0 saturated heterocycles. The molecule has 1 N–H and O–H groups in total. The average molecular weight is 242 g/mol. The van der Waals surface area contributed by atoms with Crippen molar-refractivity contribution in [3.8, 4) is 11.4 Å². The lowest BCUT2D eigenvalue weighted by molar-refractivity contribution is -0.146. The van der Waals surface area contributed by atoms with Gasteiger partial charge >= 0.3 is 6.18 Å². The number of hydrogen-bond acceptors (Lipinski definition) is 3. The van der Waals surface area contributed by atoms with E-state index in [9.17, 15) is 13.2 Å². The molecule has 0 aliphatic rings. The standard InChI is InChI=1S/C10H9F3N4/c1-6(10(11,12)13)7-2-4-8(5-3-7)9-14-16-17-15-9/h2-6H,1H3,(H,14,15,16,17). The van der Waals surface area contributed by atoms with Gasteiger partial charge in [-0.15, -0.1) is 10.2 Å². The first-order valence-corrected chi connectivity index (χ1v) is 4.89. The van der Waals surface area contributed by atoms with Gasteiger partial charge in [-0.2, -0.15) is 18.4 Å². The maximum Gasteiger partial charge on any atom is 0.395 e. The van der Waals surface area contributed by atoms with Gasteiger partial charge in [-0.3, -0.25) is 0 Å². The molecule has 0 fully saturated rings. The lowest BCUT2D eigenvalue weighted by atomic mass is 9.99. The molecule has 1 heterocycles. The van der Waals surface area contributed by atoms with E-state index >= 15 is 0 Å². The number of benzene rings is 1. The number of hydrogen-bond donors (Lipinski definition) is 1. The Balaban J connectivity index is 2.25. The zero-order valence-electron chi connectivity index (χ0n) is 8.86. The van der Waals surface area contributed by atoms with Crippen molar-refractivity contribution in [2.45, 2.75) is 19.0 Å². The van der Waals surface area contributed by atoms with Crippen LogP contribution in [0.1, 0.15) is 18.4 Å². The normalized spacial score (nSPS) is 13.6. The molecule has 0 radical (unpaired) electrons. The zero-order chi connectivity index (χ0) is 12.5. The van der Waals surface area contributed by atoms with Crippen LogP contribution in [-0.2, 0) is 0 Å². The predicted octanol–water partition coefficient (Wildman–Crippen LogP) is 2.53. The van der Waals surface area contributed by atoms with E-state index in [1.54, 1.807) is 12.1 Å². The molecule has 1 atom stereocenters. The van der Waals surface area contributed by atoms with Crippen LogP contribution in [0.3, 0.4) is 0 Å². The van der Waals surface area contributed by atoms with Crippen molar-refractivity contribution in [3.05, 3.63) is 29.8 Å². The van der Waals surface area contributed by atoms with Gasteiger partial charge in [0.15, 0.2) is 0 Å². The van der Waals surface area contributed by atoms with Crippen LogP contribution >= 0.6 is 0 Å². The van der Waals surface area contributed by atoms with Crippen molar-refractivity contribution >= 4 is 0 Å². The molecule has 1 unspecified atom stereocenters. The molecule has 2 aromatic rings. The first kappa shape index (κ1) is 11.6. The second-order valence-corrected chi connectivity index (χ2v) is 3.62. The minimum absolute atomic E-state index is 0.213. The molecule has 0 aliphatic heterocycles. The van der Waals surface area contributed by atoms with Gasteiger partial charge in [0.05, 0.1) is 5.92 Å². The summed E-state index contributed by atoms with van der Waals surface area (Å²) in [5, 5.41) is 13.1. The van der Waals surface area contributed by atoms with E-state index in [4.69, 9.17) is 0 Å². The van der Waals surface area contributed by atoms with Crippen LogP contribution in [0.15, 0.2) is 24.3 Å². The Bertz CT molecular complexity index is 475. The summed E-state index contributed by atoms with van der Waals surface area (Å²) in [6.07, 6.45) is -4.23. The van der Waals surface area contributed by atoms with E-state index in [0.29, 0.717) is 11.4 Å². The van der Waals surface area contributed by atoms with Gasteiger partial charge in [-0.1, -0.05) is 24.3 Å². The molecule has 4 nitrogen and oxygen atoms in total. The molecule has 0 bridgehead atoms. The number of alkyl halides is 3. The summed E-state index contributed by atoms with van der Waals surface area (Å²) in [7, 11) is 0. The highest BCUT2D eigenvalue weighted by molar-refractivity contribution is 5.54. The second-order valence-electron chi connectivity index (χ2n) is 3.62. The Hall–Kier alpha value is -1.92. The van der Waals surface area contributed by atoms with Crippen LogP contribution in [0.5, 0.6) is 0 Å². The molecule has 17 heavy (non-hydrogen) atoms. The molecule has 90 valence electrons. The van der Waals surface area contributed by atoms with Crippen LogP contribution in [0.4, 0.5) is 13.2 Å². The average Bonchev–Trinajstić information content (AvgIpc) is 2.80. The van der Waals surface area contributed by atoms with E-state index in [2.05, 4.69) is 20.6 Å². The van der Waals surface area contributed by atoms with Gasteiger partial charge in [0.2, 0.25) is 5.82 Å². The van der Waals surface area contributed by atoms with Crippen LogP contribution < -0.4 is 0 Å². The Morgan fingerprint density at radius 3 is 2.29 bits per heavy atom. The van der Waals surface area contributed by atoms with Gasteiger partial charge in [-0.05, 0) is 17.7 Å². The van der Waals surface area contributed by atoms with Crippen molar-refractivity contribution in [3.63, 3.8) is 0 Å². The minimum atomic E-state index is -4.23. The smallest absolute Gasteiger partial charge is 0.177 e. The number of nitrogens with one attached hydrogen (secondary N) is 1. The van der Waals surface area contributed by atoms with Crippen molar-refractivity contribution in [1.29, 1.82) is 0 Å². The summed E-state index contributed by atoms with van der Waals surface area (Å²) in [5.74, 6) is -1.13. The van der Waals surface area contributed by atoms with Gasteiger partial charge in [0.25, 0.3) is 0 Å². The summed E-state index contributed by atoms with van der Waals surface area (Å²) in [5.41, 5.74) is 0.835. The molecule has 1 aromatic carbocycles. The van der Waals surface area contributed by atoms with E-state index in [0.717, 1.165) is 6.92 Å². The number of aromatic amines is 1. The van der Waals surface area contributed by atoms with Crippen LogP contribution in [0.25, 0.3) is 11.4 Å². The Kier molecular flexibility index (Phi) is 2.83. The lowest BCUT2D eigenvalue weighted by Crippen LogP contribution is -2.17. The monoisotopic (exact) mass is 242 g/mol.